The van der Waals surface area contributed by atoms with Crippen molar-refractivity contribution in [1.82, 2.24) is 15.0 Å². The number of benzene rings is 1. The molecule has 2 rings (SSSR count). The first kappa shape index (κ1) is 32.0. The lowest BCUT2D eigenvalue weighted by Crippen LogP contribution is -2.40. The summed E-state index contributed by atoms with van der Waals surface area (Å²) in [6.07, 6.45) is 3.45. The molecule has 198 valence electrons. The van der Waals surface area contributed by atoms with E-state index in [1.165, 1.54) is 13.0 Å². The predicted octanol–water partition coefficient (Wildman–Crippen LogP) is 6.48. The van der Waals surface area contributed by atoms with Gasteiger partial charge >= 0.3 is 5.97 Å². The van der Waals surface area contributed by atoms with Gasteiger partial charge in [-0.05, 0) is 52.2 Å². The number of carbonyl (C=O) groups is 1. The Bertz CT molecular complexity index is 936. The zero-order valence-corrected chi connectivity index (χ0v) is 23.3. The molecule has 9 nitrogen and oxygen atoms in total. The molecule has 0 N–H and O–H groups in total. The van der Waals surface area contributed by atoms with Gasteiger partial charge in [-0.15, -0.1) is 5.10 Å². The van der Waals surface area contributed by atoms with Crippen LogP contribution in [0.3, 0.4) is 0 Å². The highest BCUT2D eigenvalue weighted by Gasteiger charge is 2.33. The molecule has 0 radical (unpaired) electrons. The van der Waals surface area contributed by atoms with E-state index in [0.717, 1.165) is 12.1 Å². The normalized spacial score (nSPS) is 11.1. The van der Waals surface area contributed by atoms with Gasteiger partial charge in [-0.25, -0.2) is 4.68 Å². The van der Waals surface area contributed by atoms with E-state index in [1.807, 2.05) is 52.4 Å². The minimum absolute atomic E-state index is 0.118. The maximum absolute atomic E-state index is 11.3. The highest BCUT2D eigenvalue weighted by molar-refractivity contribution is 5.66. The zero-order chi connectivity index (χ0) is 27.4. The number of aromatic nitrogens is 3. The number of nitrogens with zero attached hydrogens (tertiary/aromatic N) is 4. The lowest BCUT2D eigenvalue weighted by Gasteiger charge is -2.35. The van der Waals surface area contributed by atoms with E-state index in [-0.39, 0.29) is 23.4 Å². The third-order valence-corrected chi connectivity index (χ3v) is 4.71. The molecular weight excluding hydrogens is 448 g/mol. The van der Waals surface area contributed by atoms with Crippen molar-refractivity contribution in [2.24, 2.45) is 5.92 Å². The molecule has 0 atom stereocenters. The molecular formula is C26H44N4O5. The molecule has 0 aliphatic heterocycles. The van der Waals surface area contributed by atoms with Crippen LogP contribution in [0.4, 0.5) is 5.69 Å². The molecule has 0 aliphatic carbocycles. The van der Waals surface area contributed by atoms with Crippen LogP contribution in [0.15, 0.2) is 24.4 Å². The van der Waals surface area contributed by atoms with E-state index in [1.54, 1.807) is 12.1 Å². The van der Waals surface area contributed by atoms with Crippen molar-refractivity contribution in [3.63, 3.8) is 0 Å². The van der Waals surface area contributed by atoms with Crippen LogP contribution in [-0.4, -0.2) is 31.5 Å². The lowest BCUT2D eigenvalue weighted by atomic mass is 9.89. The van der Waals surface area contributed by atoms with E-state index >= 15 is 0 Å². The molecule has 0 aliphatic rings. The van der Waals surface area contributed by atoms with Crippen molar-refractivity contribution in [3.8, 4) is 5.75 Å². The summed E-state index contributed by atoms with van der Waals surface area (Å²) in [5.41, 5.74) is 0.136. The second kappa shape index (κ2) is 14.4. The third-order valence-electron chi connectivity index (χ3n) is 4.71. The molecule has 0 bridgehead atoms. The highest BCUT2D eigenvalue weighted by atomic mass is 16.6. The van der Waals surface area contributed by atoms with Gasteiger partial charge in [0.15, 0.2) is 0 Å². The van der Waals surface area contributed by atoms with Crippen molar-refractivity contribution in [2.45, 2.75) is 107 Å². The second-order valence-corrected chi connectivity index (χ2v) is 9.43. The average molecular weight is 493 g/mol. The van der Waals surface area contributed by atoms with Gasteiger partial charge in [0.2, 0.25) is 0 Å². The Kier molecular flexibility index (Phi) is 13.2. The Balaban J connectivity index is 0.00000274. The Labute approximate surface area is 210 Å². The van der Waals surface area contributed by atoms with Crippen LogP contribution in [0.1, 0.15) is 93.8 Å². The standard InChI is InChI=1S/C22H32N4O5.2C2H6/c1-15(2)10-18-12-25(24-23-18)21(4,5)14-22(6,7)31-19-8-9-20(26(28)29)17(11-19)13-30-16(3)27;2*1-2/h8-9,11-12,15H,10,13-14H2,1-7H3;2*1-2H3. The molecule has 1 aromatic heterocycles. The topological polar surface area (TPSA) is 109 Å². The summed E-state index contributed by atoms with van der Waals surface area (Å²) in [7, 11) is 0. The number of esters is 1. The summed E-state index contributed by atoms with van der Waals surface area (Å²) in [5, 5.41) is 19.9. The zero-order valence-electron chi connectivity index (χ0n) is 23.3. The van der Waals surface area contributed by atoms with Crippen LogP contribution >= 0.6 is 0 Å². The summed E-state index contributed by atoms with van der Waals surface area (Å²) in [6, 6.07) is 4.47. The molecule has 35 heavy (non-hydrogen) atoms. The first-order valence-corrected chi connectivity index (χ1v) is 12.3. The van der Waals surface area contributed by atoms with Gasteiger partial charge in [-0.2, -0.15) is 0 Å². The molecule has 0 saturated carbocycles. The first-order chi connectivity index (χ1) is 16.3. The maximum atomic E-state index is 11.3. The van der Waals surface area contributed by atoms with Gasteiger partial charge in [0.25, 0.3) is 5.69 Å². The van der Waals surface area contributed by atoms with Gasteiger partial charge in [0.1, 0.15) is 18.0 Å². The predicted molar refractivity (Wildman–Crippen MR) is 138 cm³/mol. The van der Waals surface area contributed by atoms with Crippen LogP contribution < -0.4 is 4.74 Å². The lowest BCUT2D eigenvalue weighted by molar-refractivity contribution is -0.385. The fraction of sp³-hybridized carbons (Fsp3) is 0.654. The Morgan fingerprint density at radius 2 is 1.74 bits per heavy atom. The SMILES string of the molecule is CC.CC.CC(=O)OCc1cc(OC(C)(C)CC(C)(C)n2cc(CC(C)C)nn2)ccc1[N+](=O)[O-]. The van der Waals surface area contributed by atoms with E-state index in [2.05, 4.69) is 38.0 Å². The summed E-state index contributed by atoms with van der Waals surface area (Å²) >= 11 is 0. The van der Waals surface area contributed by atoms with Crippen LogP contribution in [0.25, 0.3) is 0 Å². The molecule has 0 saturated heterocycles. The van der Waals surface area contributed by atoms with E-state index in [0.29, 0.717) is 18.1 Å². The van der Waals surface area contributed by atoms with Crippen LogP contribution in [0.5, 0.6) is 5.75 Å². The minimum Gasteiger partial charge on any atom is -0.488 e. The minimum atomic E-state index is -0.609. The van der Waals surface area contributed by atoms with Crippen molar-refractivity contribution in [2.75, 3.05) is 0 Å². The third kappa shape index (κ3) is 10.9. The molecule has 1 aromatic carbocycles. The van der Waals surface area contributed by atoms with Gasteiger partial charge in [-0.1, -0.05) is 46.8 Å². The maximum Gasteiger partial charge on any atom is 0.302 e. The van der Waals surface area contributed by atoms with Gasteiger partial charge in [0, 0.05) is 25.6 Å². The Morgan fingerprint density at radius 3 is 2.26 bits per heavy atom. The quantitative estimate of drug-likeness (QED) is 0.212. The smallest absolute Gasteiger partial charge is 0.302 e. The molecule has 0 fully saturated rings. The van der Waals surface area contributed by atoms with Crippen LogP contribution in [0, 0.1) is 16.0 Å². The molecule has 9 heteroatoms. The first-order valence-electron chi connectivity index (χ1n) is 12.3. The number of nitro benzene ring substituents is 1. The number of hydrogen-bond acceptors (Lipinski definition) is 7. The van der Waals surface area contributed by atoms with Crippen LogP contribution in [-0.2, 0) is 28.1 Å². The van der Waals surface area contributed by atoms with Crippen LogP contribution in [0.2, 0.25) is 0 Å². The number of rotatable bonds is 10. The number of nitro groups is 1. The van der Waals surface area contributed by atoms with Gasteiger partial charge in [0.05, 0.1) is 21.7 Å². The molecule has 0 amide bonds. The number of carbonyl (C=O) groups excluding carboxylic acids is 1. The summed E-state index contributed by atoms with van der Waals surface area (Å²) in [5.74, 6) is 0.455. The van der Waals surface area contributed by atoms with Crippen molar-refractivity contribution < 1.29 is 19.2 Å². The van der Waals surface area contributed by atoms with E-state index in [4.69, 9.17) is 9.47 Å². The number of ether oxygens (including phenoxy) is 2. The Hall–Kier alpha value is -2.97. The Morgan fingerprint density at radius 1 is 1.14 bits per heavy atom. The fourth-order valence-electron chi connectivity index (χ4n) is 3.68. The van der Waals surface area contributed by atoms with Crippen molar-refractivity contribution in [3.05, 3.63) is 45.8 Å². The molecule has 1 heterocycles. The molecule has 0 spiro atoms. The fourth-order valence-corrected chi connectivity index (χ4v) is 3.68. The number of hydrogen-bond donors (Lipinski definition) is 0. The largest absolute Gasteiger partial charge is 0.488 e. The second-order valence-electron chi connectivity index (χ2n) is 9.43. The molecule has 0 unspecified atom stereocenters. The van der Waals surface area contributed by atoms with Crippen molar-refractivity contribution >= 4 is 11.7 Å². The highest BCUT2D eigenvalue weighted by Crippen LogP contribution is 2.32. The monoisotopic (exact) mass is 492 g/mol. The van der Waals surface area contributed by atoms with E-state index < -0.39 is 16.5 Å². The van der Waals surface area contributed by atoms with E-state index in [9.17, 15) is 14.9 Å². The average Bonchev–Trinajstić information content (AvgIpc) is 3.23. The van der Waals surface area contributed by atoms with Gasteiger partial charge < -0.3 is 9.47 Å². The van der Waals surface area contributed by atoms with Crippen molar-refractivity contribution in [1.29, 1.82) is 0 Å². The summed E-state index contributed by atoms with van der Waals surface area (Å²) in [6.45, 7) is 21.4. The van der Waals surface area contributed by atoms with Gasteiger partial charge in [-0.3, -0.25) is 14.9 Å². The molecule has 2 aromatic rings. The summed E-state index contributed by atoms with van der Waals surface area (Å²) < 4.78 is 13.0. The summed E-state index contributed by atoms with van der Waals surface area (Å²) in [4.78, 5) is 21.9.